The Labute approximate surface area is 193 Å². The summed E-state index contributed by atoms with van der Waals surface area (Å²) < 4.78 is 13.1. The van der Waals surface area contributed by atoms with Crippen molar-refractivity contribution in [1.82, 2.24) is 14.8 Å². The Morgan fingerprint density at radius 3 is 2.50 bits per heavy atom. The minimum Gasteiger partial charge on any atom is -0.497 e. The first-order chi connectivity index (χ1) is 15.2. The third-order valence-electron chi connectivity index (χ3n) is 4.95. The molecule has 0 saturated carbocycles. The van der Waals surface area contributed by atoms with E-state index >= 15 is 0 Å². The van der Waals surface area contributed by atoms with Gasteiger partial charge in [0.15, 0.2) is 17.1 Å². The average Bonchev–Trinajstić information content (AvgIpc) is 3.12. The zero-order valence-electron chi connectivity index (χ0n) is 19.4. The van der Waals surface area contributed by atoms with Gasteiger partial charge < -0.3 is 19.4 Å². The summed E-state index contributed by atoms with van der Waals surface area (Å²) in [6.45, 7) is 8.48. The van der Waals surface area contributed by atoms with Gasteiger partial charge in [-0.05, 0) is 42.2 Å². The van der Waals surface area contributed by atoms with Crippen LogP contribution < -0.4 is 14.8 Å². The van der Waals surface area contributed by atoms with Crippen molar-refractivity contribution in [2.24, 2.45) is 7.05 Å². The molecule has 170 valence electrons. The molecule has 1 atom stereocenters. The van der Waals surface area contributed by atoms with Gasteiger partial charge in [0.2, 0.25) is 5.91 Å². The van der Waals surface area contributed by atoms with E-state index in [1.165, 1.54) is 17.3 Å². The SMILES string of the molecule is COc1cccc(NC(=O)CSc2nnc(C(C)Oc3ccc(C(C)(C)C)cc3)n2C)c1. The first-order valence-corrected chi connectivity index (χ1v) is 11.4. The number of hydrogen-bond donors (Lipinski definition) is 1. The van der Waals surface area contributed by atoms with Crippen molar-refractivity contribution in [3.63, 3.8) is 0 Å². The lowest BCUT2D eigenvalue weighted by molar-refractivity contribution is -0.113. The molecule has 1 amide bonds. The largest absolute Gasteiger partial charge is 0.497 e. The van der Waals surface area contributed by atoms with Crippen molar-refractivity contribution < 1.29 is 14.3 Å². The summed E-state index contributed by atoms with van der Waals surface area (Å²) in [4.78, 5) is 12.3. The van der Waals surface area contributed by atoms with Gasteiger partial charge in [0, 0.05) is 18.8 Å². The highest BCUT2D eigenvalue weighted by Crippen LogP contribution is 2.27. The van der Waals surface area contributed by atoms with E-state index in [4.69, 9.17) is 9.47 Å². The van der Waals surface area contributed by atoms with Gasteiger partial charge >= 0.3 is 0 Å². The number of carbonyl (C=O) groups excluding carboxylic acids is 1. The highest BCUT2D eigenvalue weighted by atomic mass is 32.2. The molecule has 0 radical (unpaired) electrons. The number of benzene rings is 2. The normalized spacial score (nSPS) is 12.3. The Morgan fingerprint density at radius 2 is 1.84 bits per heavy atom. The zero-order valence-corrected chi connectivity index (χ0v) is 20.2. The topological polar surface area (TPSA) is 78.3 Å². The van der Waals surface area contributed by atoms with Crippen molar-refractivity contribution >= 4 is 23.4 Å². The van der Waals surface area contributed by atoms with E-state index in [9.17, 15) is 4.79 Å². The number of thioether (sulfide) groups is 1. The molecule has 3 aromatic rings. The number of rotatable bonds is 8. The van der Waals surface area contributed by atoms with E-state index in [2.05, 4.69) is 48.4 Å². The van der Waals surface area contributed by atoms with Gasteiger partial charge in [-0.2, -0.15) is 0 Å². The molecule has 2 aromatic carbocycles. The molecule has 3 rings (SSSR count). The predicted molar refractivity (Wildman–Crippen MR) is 128 cm³/mol. The molecule has 0 fully saturated rings. The lowest BCUT2D eigenvalue weighted by Crippen LogP contribution is -2.15. The number of methoxy groups -OCH3 is 1. The van der Waals surface area contributed by atoms with Crippen molar-refractivity contribution in [3.8, 4) is 11.5 Å². The van der Waals surface area contributed by atoms with Crippen LogP contribution in [0.15, 0.2) is 53.7 Å². The molecule has 0 saturated heterocycles. The molecule has 1 heterocycles. The number of nitrogens with one attached hydrogen (secondary N) is 1. The molecule has 0 bridgehead atoms. The van der Waals surface area contributed by atoms with Gasteiger partial charge in [0.1, 0.15) is 11.5 Å². The highest BCUT2D eigenvalue weighted by Gasteiger charge is 2.19. The van der Waals surface area contributed by atoms with Crippen LogP contribution in [0.5, 0.6) is 11.5 Å². The molecule has 0 spiro atoms. The van der Waals surface area contributed by atoms with Gasteiger partial charge in [-0.25, -0.2) is 0 Å². The van der Waals surface area contributed by atoms with E-state index in [1.54, 1.807) is 13.2 Å². The molecule has 7 nitrogen and oxygen atoms in total. The summed E-state index contributed by atoms with van der Waals surface area (Å²) in [5, 5.41) is 12.0. The molecule has 8 heteroatoms. The van der Waals surface area contributed by atoms with Gasteiger partial charge in [-0.1, -0.05) is 50.7 Å². The maximum absolute atomic E-state index is 12.3. The maximum atomic E-state index is 12.3. The highest BCUT2D eigenvalue weighted by molar-refractivity contribution is 7.99. The second-order valence-corrected chi connectivity index (χ2v) is 9.45. The summed E-state index contributed by atoms with van der Waals surface area (Å²) in [6.07, 6.45) is -0.284. The van der Waals surface area contributed by atoms with Crippen LogP contribution in [-0.4, -0.2) is 33.5 Å². The van der Waals surface area contributed by atoms with Crippen LogP contribution in [0.4, 0.5) is 5.69 Å². The molecule has 0 aliphatic heterocycles. The van der Waals surface area contributed by atoms with Crippen molar-refractivity contribution in [2.75, 3.05) is 18.2 Å². The quantitative estimate of drug-likeness (QED) is 0.483. The lowest BCUT2D eigenvalue weighted by Gasteiger charge is -2.20. The molecular formula is C24H30N4O3S. The number of hydrogen-bond acceptors (Lipinski definition) is 6. The van der Waals surface area contributed by atoms with Crippen LogP contribution in [0.3, 0.4) is 0 Å². The number of anilines is 1. The van der Waals surface area contributed by atoms with Crippen LogP contribution in [0, 0.1) is 0 Å². The van der Waals surface area contributed by atoms with Crippen molar-refractivity contribution in [2.45, 2.75) is 44.4 Å². The summed E-state index contributed by atoms with van der Waals surface area (Å²) in [5.74, 6) is 2.25. The Kier molecular flexibility index (Phi) is 7.45. The Hall–Kier alpha value is -3.00. The second kappa shape index (κ2) is 10.1. The minimum atomic E-state index is -0.284. The molecular weight excluding hydrogens is 424 g/mol. The lowest BCUT2D eigenvalue weighted by atomic mass is 9.87. The number of carbonyl (C=O) groups is 1. The fraction of sp³-hybridized carbons (Fsp3) is 0.375. The fourth-order valence-corrected chi connectivity index (χ4v) is 3.84. The van der Waals surface area contributed by atoms with Gasteiger partial charge in [-0.15, -0.1) is 10.2 Å². The molecule has 0 aliphatic carbocycles. The van der Waals surface area contributed by atoms with Crippen LogP contribution in [0.25, 0.3) is 0 Å². The molecule has 1 N–H and O–H groups in total. The number of ether oxygens (including phenoxy) is 2. The van der Waals surface area contributed by atoms with Crippen molar-refractivity contribution in [1.29, 1.82) is 0 Å². The maximum Gasteiger partial charge on any atom is 0.234 e. The van der Waals surface area contributed by atoms with E-state index in [1.807, 2.05) is 48.9 Å². The third kappa shape index (κ3) is 6.03. The minimum absolute atomic E-state index is 0.0960. The van der Waals surface area contributed by atoms with Crippen LogP contribution >= 0.6 is 11.8 Å². The van der Waals surface area contributed by atoms with Crippen LogP contribution in [0.1, 0.15) is 45.2 Å². The smallest absolute Gasteiger partial charge is 0.234 e. The summed E-state index contributed by atoms with van der Waals surface area (Å²) in [6, 6.07) is 15.4. The summed E-state index contributed by atoms with van der Waals surface area (Å²) in [5.41, 5.74) is 2.04. The predicted octanol–water partition coefficient (Wildman–Crippen LogP) is 4.99. The van der Waals surface area contributed by atoms with Gasteiger partial charge in [-0.3, -0.25) is 4.79 Å². The van der Waals surface area contributed by atoms with Gasteiger partial charge in [0.05, 0.1) is 12.9 Å². The van der Waals surface area contributed by atoms with E-state index < -0.39 is 0 Å². The molecule has 0 aliphatic rings. The van der Waals surface area contributed by atoms with Crippen molar-refractivity contribution in [3.05, 3.63) is 59.9 Å². The van der Waals surface area contributed by atoms with E-state index in [0.717, 1.165) is 5.75 Å². The monoisotopic (exact) mass is 454 g/mol. The zero-order chi connectivity index (χ0) is 23.3. The Balaban J connectivity index is 1.57. The third-order valence-corrected chi connectivity index (χ3v) is 5.97. The number of amides is 1. The second-order valence-electron chi connectivity index (χ2n) is 8.50. The van der Waals surface area contributed by atoms with Gasteiger partial charge in [0.25, 0.3) is 0 Å². The molecule has 1 aromatic heterocycles. The molecule has 1 unspecified atom stereocenters. The van der Waals surface area contributed by atoms with Crippen LogP contribution in [-0.2, 0) is 17.3 Å². The first-order valence-electron chi connectivity index (χ1n) is 10.4. The Bertz CT molecular complexity index is 1060. The number of nitrogens with zero attached hydrogens (tertiary/aromatic N) is 3. The summed E-state index contributed by atoms with van der Waals surface area (Å²) in [7, 11) is 3.47. The Morgan fingerprint density at radius 1 is 1.12 bits per heavy atom. The standard InChI is InChI=1S/C24H30N4O3S/c1-16(31-19-12-10-17(11-13-19)24(2,3)4)22-26-27-23(28(22)5)32-15-21(29)25-18-8-7-9-20(14-18)30-6/h7-14,16H,15H2,1-6H3,(H,25,29). The first kappa shape index (κ1) is 23.7. The number of aromatic nitrogens is 3. The average molecular weight is 455 g/mol. The van der Waals surface area contributed by atoms with E-state index in [0.29, 0.717) is 22.4 Å². The summed E-state index contributed by atoms with van der Waals surface area (Å²) >= 11 is 1.32. The van der Waals surface area contributed by atoms with Crippen LogP contribution in [0.2, 0.25) is 0 Å². The molecule has 32 heavy (non-hydrogen) atoms. The fourth-order valence-electron chi connectivity index (χ4n) is 3.12. The van der Waals surface area contributed by atoms with E-state index in [-0.39, 0.29) is 23.2 Å².